The van der Waals surface area contributed by atoms with E-state index in [0.717, 1.165) is 12.3 Å². The molecular formula is C14H27NO. The minimum Gasteiger partial charge on any atom is -0.322 e. The summed E-state index contributed by atoms with van der Waals surface area (Å²) in [5.41, 5.74) is 5.76. The van der Waals surface area contributed by atoms with Crippen molar-refractivity contribution in [1.29, 1.82) is 0 Å². The first-order valence-corrected chi connectivity index (χ1v) is 6.85. The van der Waals surface area contributed by atoms with E-state index in [1.807, 2.05) is 0 Å². The maximum absolute atomic E-state index is 11.0. The molecule has 0 heterocycles. The summed E-state index contributed by atoms with van der Waals surface area (Å²) < 4.78 is 0. The molecule has 0 aliphatic heterocycles. The second-order valence-corrected chi connectivity index (χ2v) is 5.64. The van der Waals surface area contributed by atoms with Crippen molar-refractivity contribution < 1.29 is 4.79 Å². The molecule has 1 saturated carbocycles. The van der Waals surface area contributed by atoms with Crippen molar-refractivity contribution >= 4 is 5.78 Å². The molecule has 2 atom stereocenters. The predicted molar refractivity (Wildman–Crippen MR) is 68.2 cm³/mol. The van der Waals surface area contributed by atoms with Crippen LogP contribution >= 0.6 is 0 Å². The lowest BCUT2D eigenvalue weighted by Crippen LogP contribution is -2.30. The van der Waals surface area contributed by atoms with Crippen molar-refractivity contribution in [3.63, 3.8) is 0 Å². The molecule has 1 fully saturated rings. The van der Waals surface area contributed by atoms with Crippen molar-refractivity contribution in [3.8, 4) is 0 Å². The lowest BCUT2D eigenvalue weighted by molar-refractivity contribution is -0.118. The molecule has 1 aliphatic carbocycles. The molecule has 2 heteroatoms. The highest BCUT2D eigenvalue weighted by atomic mass is 16.1. The first kappa shape index (κ1) is 13.7. The van der Waals surface area contributed by atoms with E-state index in [9.17, 15) is 4.79 Å². The summed E-state index contributed by atoms with van der Waals surface area (Å²) >= 11 is 0. The second-order valence-electron chi connectivity index (χ2n) is 5.64. The van der Waals surface area contributed by atoms with Crippen LogP contribution in [-0.4, -0.2) is 11.8 Å². The monoisotopic (exact) mass is 225 g/mol. The lowest BCUT2D eigenvalue weighted by Gasteiger charge is -2.16. The topological polar surface area (TPSA) is 43.1 Å². The average molecular weight is 225 g/mol. The molecule has 16 heavy (non-hydrogen) atoms. The molecule has 0 aromatic carbocycles. The SMILES string of the molecule is CC(=O)[C@@H](N)C[C@@H](C)CCCC1CCCC1. The Labute approximate surface area is 100.0 Å². The van der Waals surface area contributed by atoms with Crippen LogP contribution in [0.15, 0.2) is 0 Å². The Morgan fingerprint density at radius 1 is 1.38 bits per heavy atom. The van der Waals surface area contributed by atoms with Gasteiger partial charge in [-0.2, -0.15) is 0 Å². The van der Waals surface area contributed by atoms with Gasteiger partial charge in [-0.3, -0.25) is 4.79 Å². The third kappa shape index (κ3) is 5.11. The lowest BCUT2D eigenvalue weighted by atomic mass is 9.92. The van der Waals surface area contributed by atoms with Crippen LogP contribution in [0.4, 0.5) is 0 Å². The fourth-order valence-electron chi connectivity index (χ4n) is 2.77. The molecule has 1 aliphatic rings. The van der Waals surface area contributed by atoms with Gasteiger partial charge >= 0.3 is 0 Å². The van der Waals surface area contributed by atoms with E-state index in [-0.39, 0.29) is 11.8 Å². The number of nitrogens with two attached hydrogens (primary N) is 1. The van der Waals surface area contributed by atoms with E-state index < -0.39 is 0 Å². The molecule has 2 nitrogen and oxygen atoms in total. The fraction of sp³-hybridized carbons (Fsp3) is 0.929. The number of ketones is 1. The quantitative estimate of drug-likeness (QED) is 0.722. The maximum atomic E-state index is 11.0. The summed E-state index contributed by atoms with van der Waals surface area (Å²) in [7, 11) is 0. The number of rotatable bonds is 7. The summed E-state index contributed by atoms with van der Waals surface area (Å²) in [5, 5.41) is 0. The zero-order valence-electron chi connectivity index (χ0n) is 10.9. The highest BCUT2D eigenvalue weighted by Crippen LogP contribution is 2.29. The van der Waals surface area contributed by atoms with Gasteiger partial charge in [0.1, 0.15) is 5.78 Å². The van der Waals surface area contributed by atoms with Gasteiger partial charge in [0.2, 0.25) is 0 Å². The Balaban J connectivity index is 2.05. The Morgan fingerprint density at radius 3 is 2.56 bits per heavy atom. The Hall–Kier alpha value is -0.370. The summed E-state index contributed by atoms with van der Waals surface area (Å²) in [6.07, 6.45) is 10.6. The molecule has 0 aromatic heterocycles. The number of carbonyl (C=O) groups excluding carboxylic acids is 1. The van der Waals surface area contributed by atoms with Crippen LogP contribution in [0.3, 0.4) is 0 Å². The van der Waals surface area contributed by atoms with Crippen LogP contribution < -0.4 is 5.73 Å². The molecule has 0 saturated heterocycles. The van der Waals surface area contributed by atoms with E-state index >= 15 is 0 Å². The van der Waals surface area contributed by atoms with Crippen molar-refractivity contribution in [2.75, 3.05) is 0 Å². The normalized spacial score (nSPS) is 20.9. The largest absolute Gasteiger partial charge is 0.322 e. The van der Waals surface area contributed by atoms with E-state index in [4.69, 9.17) is 5.73 Å². The van der Waals surface area contributed by atoms with Gasteiger partial charge in [-0.1, -0.05) is 51.9 Å². The molecule has 94 valence electrons. The summed E-state index contributed by atoms with van der Waals surface area (Å²) in [6, 6.07) is -0.235. The smallest absolute Gasteiger partial charge is 0.146 e. The Kier molecular flexibility index (Phi) is 6.04. The molecule has 0 aromatic rings. The van der Waals surface area contributed by atoms with Crippen LogP contribution in [0.5, 0.6) is 0 Å². The van der Waals surface area contributed by atoms with Gasteiger partial charge in [0.15, 0.2) is 0 Å². The van der Waals surface area contributed by atoms with Gasteiger partial charge in [0.05, 0.1) is 6.04 Å². The van der Waals surface area contributed by atoms with Gasteiger partial charge < -0.3 is 5.73 Å². The minimum atomic E-state index is -0.235. The Morgan fingerprint density at radius 2 is 2.00 bits per heavy atom. The number of hydrogen-bond donors (Lipinski definition) is 1. The highest BCUT2D eigenvalue weighted by molar-refractivity contribution is 5.81. The van der Waals surface area contributed by atoms with Gasteiger partial charge in [-0.05, 0) is 25.2 Å². The van der Waals surface area contributed by atoms with Crippen LogP contribution in [0.25, 0.3) is 0 Å². The van der Waals surface area contributed by atoms with Crippen LogP contribution in [0.1, 0.15) is 65.2 Å². The van der Waals surface area contributed by atoms with E-state index in [0.29, 0.717) is 5.92 Å². The third-order valence-electron chi connectivity index (χ3n) is 3.96. The van der Waals surface area contributed by atoms with Crippen LogP contribution in [0, 0.1) is 11.8 Å². The number of carbonyl (C=O) groups is 1. The molecule has 0 radical (unpaired) electrons. The maximum Gasteiger partial charge on any atom is 0.146 e. The Bertz CT molecular complexity index is 209. The zero-order chi connectivity index (χ0) is 12.0. The molecule has 2 N–H and O–H groups in total. The predicted octanol–water partition coefficient (Wildman–Crippen LogP) is 3.29. The zero-order valence-corrected chi connectivity index (χ0v) is 10.9. The second kappa shape index (κ2) is 7.05. The summed E-state index contributed by atoms with van der Waals surface area (Å²) in [4.78, 5) is 11.0. The summed E-state index contributed by atoms with van der Waals surface area (Å²) in [5.74, 6) is 1.72. The molecule has 0 amide bonds. The van der Waals surface area contributed by atoms with Crippen molar-refractivity contribution in [2.45, 2.75) is 71.3 Å². The van der Waals surface area contributed by atoms with E-state index in [1.165, 1.54) is 44.9 Å². The van der Waals surface area contributed by atoms with E-state index in [2.05, 4.69) is 6.92 Å². The van der Waals surface area contributed by atoms with Gasteiger partial charge in [0.25, 0.3) is 0 Å². The van der Waals surface area contributed by atoms with Crippen molar-refractivity contribution in [1.82, 2.24) is 0 Å². The minimum absolute atomic E-state index is 0.127. The van der Waals surface area contributed by atoms with Gasteiger partial charge in [0, 0.05) is 0 Å². The average Bonchev–Trinajstić information content (AvgIpc) is 2.70. The highest BCUT2D eigenvalue weighted by Gasteiger charge is 2.16. The van der Waals surface area contributed by atoms with Crippen molar-refractivity contribution in [2.24, 2.45) is 17.6 Å². The number of hydrogen-bond acceptors (Lipinski definition) is 2. The standard InChI is InChI=1S/C14H27NO/c1-11(10-14(15)12(2)16)6-5-9-13-7-3-4-8-13/h11,13-14H,3-10,15H2,1-2H3/t11-,14-/m0/s1. The molecule has 0 spiro atoms. The van der Waals surface area contributed by atoms with Crippen LogP contribution in [-0.2, 0) is 4.79 Å². The van der Waals surface area contributed by atoms with Gasteiger partial charge in [-0.25, -0.2) is 0 Å². The third-order valence-corrected chi connectivity index (χ3v) is 3.96. The van der Waals surface area contributed by atoms with E-state index in [1.54, 1.807) is 6.92 Å². The molecular weight excluding hydrogens is 198 g/mol. The van der Waals surface area contributed by atoms with Crippen LogP contribution in [0.2, 0.25) is 0 Å². The fourth-order valence-corrected chi connectivity index (χ4v) is 2.77. The van der Waals surface area contributed by atoms with Crippen molar-refractivity contribution in [3.05, 3.63) is 0 Å². The summed E-state index contributed by atoms with van der Waals surface area (Å²) in [6.45, 7) is 3.81. The first-order valence-electron chi connectivity index (χ1n) is 6.85. The molecule has 1 rings (SSSR count). The van der Waals surface area contributed by atoms with Gasteiger partial charge in [-0.15, -0.1) is 0 Å². The first-order chi connectivity index (χ1) is 7.59. The molecule has 0 bridgehead atoms. The molecule has 0 unspecified atom stereocenters. The number of Topliss-reactive ketones (excluding diaryl/α,β-unsaturated/α-hetero) is 1.